The van der Waals surface area contributed by atoms with Crippen molar-refractivity contribution in [1.29, 1.82) is 0 Å². The molecular formula is C21H29F3N4O4. The number of rotatable bonds is 3. The molecule has 3 heterocycles. The number of alkyl halides is 3. The predicted molar refractivity (Wildman–Crippen MR) is 111 cm³/mol. The Kier molecular flexibility index (Phi) is 8.08. The molecule has 2 aliphatic rings. The average molecular weight is 458 g/mol. The highest BCUT2D eigenvalue weighted by molar-refractivity contribution is 5.85. The molecule has 2 amide bonds. The van der Waals surface area contributed by atoms with Gasteiger partial charge in [-0.3, -0.25) is 9.59 Å². The second-order valence-electron chi connectivity index (χ2n) is 8.22. The van der Waals surface area contributed by atoms with Crippen LogP contribution in [0.4, 0.5) is 19.0 Å². The van der Waals surface area contributed by atoms with Crippen molar-refractivity contribution in [1.82, 2.24) is 14.8 Å². The second kappa shape index (κ2) is 10.2. The first-order chi connectivity index (χ1) is 14.9. The van der Waals surface area contributed by atoms with Gasteiger partial charge in [0.25, 0.3) is 0 Å². The van der Waals surface area contributed by atoms with Crippen LogP contribution in [0.15, 0.2) is 24.4 Å². The third-order valence-corrected chi connectivity index (χ3v) is 5.89. The van der Waals surface area contributed by atoms with E-state index in [4.69, 9.17) is 9.90 Å². The molecule has 0 saturated carbocycles. The van der Waals surface area contributed by atoms with Gasteiger partial charge in [-0.25, -0.2) is 9.78 Å². The van der Waals surface area contributed by atoms with Crippen molar-refractivity contribution in [3.8, 4) is 0 Å². The summed E-state index contributed by atoms with van der Waals surface area (Å²) in [5, 5.41) is 7.12. The number of carboxylic acids is 1. The number of carbonyl (C=O) groups is 3. The number of pyridine rings is 1. The highest BCUT2D eigenvalue weighted by Crippen LogP contribution is 2.45. The largest absolute Gasteiger partial charge is 0.490 e. The Hall–Kier alpha value is -2.85. The minimum absolute atomic E-state index is 0.141. The van der Waals surface area contributed by atoms with Crippen LogP contribution >= 0.6 is 0 Å². The number of carboxylic acid groups (broad SMARTS) is 1. The van der Waals surface area contributed by atoms with E-state index in [2.05, 4.69) is 9.88 Å². The average Bonchev–Trinajstić information content (AvgIpc) is 3.01. The Labute approximate surface area is 185 Å². The quantitative estimate of drug-likeness (QED) is 0.747. The van der Waals surface area contributed by atoms with Gasteiger partial charge in [0.15, 0.2) is 0 Å². The fourth-order valence-corrected chi connectivity index (χ4v) is 4.39. The SMILES string of the molecule is CCC(=O)N1CCC[C@]2(C(=O)N(C)C)CN(c3ccccn3)C[C@@H]2C1.O=C(O)C(F)(F)F. The molecule has 178 valence electrons. The van der Waals surface area contributed by atoms with Crippen molar-refractivity contribution in [2.45, 2.75) is 32.4 Å². The summed E-state index contributed by atoms with van der Waals surface area (Å²) in [5.41, 5.74) is -0.427. The lowest BCUT2D eigenvalue weighted by Crippen LogP contribution is -2.47. The Morgan fingerprint density at radius 3 is 2.41 bits per heavy atom. The second-order valence-corrected chi connectivity index (χ2v) is 8.22. The molecule has 0 spiro atoms. The lowest BCUT2D eigenvalue weighted by Gasteiger charge is -2.34. The number of hydrogen-bond donors (Lipinski definition) is 1. The maximum atomic E-state index is 13.2. The topological polar surface area (TPSA) is 94.1 Å². The first kappa shape index (κ1) is 25.4. The van der Waals surface area contributed by atoms with Gasteiger partial charge in [-0.15, -0.1) is 0 Å². The molecule has 0 bridgehead atoms. The van der Waals surface area contributed by atoms with E-state index in [0.29, 0.717) is 19.5 Å². The summed E-state index contributed by atoms with van der Waals surface area (Å²) in [6.07, 6.45) is -1.08. The number of likely N-dealkylation sites (tertiary alicyclic amines) is 1. The lowest BCUT2D eigenvalue weighted by molar-refractivity contribution is -0.192. The zero-order valence-corrected chi connectivity index (χ0v) is 18.4. The van der Waals surface area contributed by atoms with Gasteiger partial charge in [-0.05, 0) is 25.0 Å². The van der Waals surface area contributed by atoms with E-state index in [9.17, 15) is 22.8 Å². The number of anilines is 1. The van der Waals surface area contributed by atoms with Crippen LogP contribution in [0.1, 0.15) is 26.2 Å². The minimum Gasteiger partial charge on any atom is -0.475 e. The van der Waals surface area contributed by atoms with E-state index in [-0.39, 0.29) is 17.7 Å². The Morgan fingerprint density at radius 1 is 1.25 bits per heavy atom. The van der Waals surface area contributed by atoms with Crippen LogP contribution in [0.25, 0.3) is 0 Å². The van der Waals surface area contributed by atoms with Gasteiger partial charge >= 0.3 is 12.1 Å². The normalized spacial score (nSPS) is 22.9. The zero-order chi connectivity index (χ0) is 24.1. The van der Waals surface area contributed by atoms with E-state index in [1.165, 1.54) is 0 Å². The molecule has 0 aliphatic carbocycles. The Bertz CT molecular complexity index is 819. The summed E-state index contributed by atoms with van der Waals surface area (Å²) in [5.74, 6) is -1.34. The summed E-state index contributed by atoms with van der Waals surface area (Å²) < 4.78 is 31.7. The van der Waals surface area contributed by atoms with Crippen LogP contribution in [-0.2, 0) is 14.4 Å². The third kappa shape index (κ3) is 5.68. The molecule has 3 rings (SSSR count). The van der Waals surface area contributed by atoms with Crippen LogP contribution in [0.5, 0.6) is 0 Å². The molecule has 0 radical (unpaired) electrons. The van der Waals surface area contributed by atoms with Crippen molar-refractivity contribution in [2.75, 3.05) is 45.2 Å². The molecular weight excluding hydrogens is 429 g/mol. The van der Waals surface area contributed by atoms with Crippen LogP contribution < -0.4 is 4.90 Å². The summed E-state index contributed by atoms with van der Waals surface area (Å²) >= 11 is 0. The predicted octanol–water partition coefficient (Wildman–Crippen LogP) is 2.26. The molecule has 1 N–H and O–H groups in total. The third-order valence-electron chi connectivity index (χ3n) is 5.89. The van der Waals surface area contributed by atoms with E-state index >= 15 is 0 Å². The van der Waals surface area contributed by atoms with Crippen LogP contribution in [0.2, 0.25) is 0 Å². The first-order valence-corrected chi connectivity index (χ1v) is 10.4. The molecule has 8 nitrogen and oxygen atoms in total. The molecule has 1 aromatic heterocycles. The van der Waals surface area contributed by atoms with Gasteiger partial charge < -0.3 is 19.8 Å². The van der Waals surface area contributed by atoms with E-state index < -0.39 is 17.6 Å². The standard InChI is InChI=1S/C19H28N4O2.C2HF3O2/c1-4-17(24)22-11-7-9-19(18(25)21(2)3)14-23(13-15(19)12-22)16-8-5-6-10-20-16;3-2(4,5)1(6)7/h5-6,8,10,15H,4,7,9,11-14H2,1-3H3;(H,6,7)/t15-,19-;/m0./s1. The van der Waals surface area contributed by atoms with E-state index in [1.54, 1.807) is 11.1 Å². The van der Waals surface area contributed by atoms with Gasteiger partial charge in [0, 0.05) is 58.8 Å². The number of aliphatic carboxylic acids is 1. The zero-order valence-electron chi connectivity index (χ0n) is 18.4. The number of halogens is 3. The first-order valence-electron chi connectivity index (χ1n) is 10.4. The van der Waals surface area contributed by atoms with Crippen molar-refractivity contribution in [2.24, 2.45) is 11.3 Å². The van der Waals surface area contributed by atoms with Gasteiger partial charge in [0.2, 0.25) is 11.8 Å². The van der Waals surface area contributed by atoms with E-state index in [1.807, 2.05) is 44.1 Å². The van der Waals surface area contributed by atoms with Crippen LogP contribution in [0.3, 0.4) is 0 Å². The van der Waals surface area contributed by atoms with Gasteiger partial charge in [-0.2, -0.15) is 13.2 Å². The molecule has 32 heavy (non-hydrogen) atoms. The maximum Gasteiger partial charge on any atom is 0.490 e. The van der Waals surface area contributed by atoms with E-state index in [0.717, 1.165) is 31.7 Å². The van der Waals surface area contributed by atoms with Crippen molar-refractivity contribution >= 4 is 23.6 Å². The van der Waals surface area contributed by atoms with Crippen molar-refractivity contribution in [3.05, 3.63) is 24.4 Å². The molecule has 2 saturated heterocycles. The highest BCUT2D eigenvalue weighted by atomic mass is 19.4. The summed E-state index contributed by atoms with van der Waals surface area (Å²) in [6.45, 7) is 4.77. The van der Waals surface area contributed by atoms with Crippen LogP contribution in [0, 0.1) is 11.3 Å². The Morgan fingerprint density at radius 2 is 1.91 bits per heavy atom. The summed E-state index contributed by atoms with van der Waals surface area (Å²) in [4.78, 5) is 44.7. The van der Waals surface area contributed by atoms with Crippen molar-refractivity contribution < 1.29 is 32.7 Å². The minimum atomic E-state index is -5.08. The molecule has 11 heteroatoms. The number of fused-ring (bicyclic) bond motifs is 1. The molecule has 2 atom stereocenters. The number of carbonyl (C=O) groups excluding carboxylic acids is 2. The summed E-state index contributed by atoms with van der Waals surface area (Å²) in [7, 11) is 3.66. The molecule has 0 unspecified atom stereocenters. The monoisotopic (exact) mass is 458 g/mol. The van der Waals surface area contributed by atoms with Crippen LogP contribution in [-0.4, -0.2) is 84.1 Å². The maximum absolute atomic E-state index is 13.2. The van der Waals surface area contributed by atoms with Gasteiger partial charge in [-0.1, -0.05) is 13.0 Å². The van der Waals surface area contributed by atoms with Crippen molar-refractivity contribution in [3.63, 3.8) is 0 Å². The number of aromatic nitrogens is 1. The molecule has 2 fully saturated rings. The Balaban J connectivity index is 0.000000451. The molecule has 2 aliphatic heterocycles. The fourth-order valence-electron chi connectivity index (χ4n) is 4.39. The number of amides is 2. The summed E-state index contributed by atoms with van der Waals surface area (Å²) in [6, 6.07) is 5.87. The van der Waals surface area contributed by atoms with Gasteiger partial charge in [0.05, 0.1) is 5.41 Å². The van der Waals surface area contributed by atoms with Gasteiger partial charge in [0.1, 0.15) is 5.82 Å². The highest BCUT2D eigenvalue weighted by Gasteiger charge is 2.54. The fraction of sp³-hybridized carbons (Fsp3) is 0.619. The smallest absolute Gasteiger partial charge is 0.475 e. The number of nitrogens with zero attached hydrogens (tertiary/aromatic N) is 4. The lowest BCUT2D eigenvalue weighted by atomic mass is 9.74. The molecule has 1 aromatic rings. The molecule has 0 aromatic carbocycles. The number of hydrogen-bond acceptors (Lipinski definition) is 5.